The van der Waals surface area contributed by atoms with Crippen LogP contribution in [0.4, 0.5) is 0 Å². The molecule has 82 valence electrons. The lowest BCUT2D eigenvalue weighted by Gasteiger charge is -2.22. The van der Waals surface area contributed by atoms with Crippen LogP contribution in [0.15, 0.2) is 30.6 Å². The maximum absolute atomic E-state index is 5.19. The van der Waals surface area contributed by atoms with Crippen molar-refractivity contribution in [1.82, 2.24) is 10.3 Å². The highest BCUT2D eigenvalue weighted by Crippen LogP contribution is 1.94. The molecule has 1 atom stereocenters. The van der Waals surface area contributed by atoms with Crippen molar-refractivity contribution in [3.63, 3.8) is 0 Å². The molecule has 2 heterocycles. The van der Waals surface area contributed by atoms with Crippen LogP contribution in [0.5, 0.6) is 0 Å². The summed E-state index contributed by atoms with van der Waals surface area (Å²) in [5.74, 6) is 0. The highest BCUT2D eigenvalue weighted by molar-refractivity contribution is 7.80. The van der Waals surface area contributed by atoms with Gasteiger partial charge in [-0.05, 0) is 19.1 Å². The standard InChI is InChI=1S/C6H11NOS.C5H5N/c1-5(9)6-4-8-3-2-7-6;1-2-4-6-5-3-1/h6-7H,2-4H2,1H3;1-5H. The van der Waals surface area contributed by atoms with Gasteiger partial charge in [0.25, 0.3) is 0 Å². The highest BCUT2D eigenvalue weighted by Gasteiger charge is 2.13. The summed E-state index contributed by atoms with van der Waals surface area (Å²) in [5, 5.41) is 3.25. The number of hydrogen-bond acceptors (Lipinski definition) is 4. The van der Waals surface area contributed by atoms with Crippen molar-refractivity contribution in [2.45, 2.75) is 13.0 Å². The topological polar surface area (TPSA) is 34.1 Å². The molecule has 0 aliphatic carbocycles. The van der Waals surface area contributed by atoms with Crippen LogP contribution in [-0.2, 0) is 4.74 Å². The fraction of sp³-hybridized carbons (Fsp3) is 0.455. The molecule has 1 aliphatic rings. The maximum atomic E-state index is 5.19. The van der Waals surface area contributed by atoms with Gasteiger partial charge in [-0.15, -0.1) is 0 Å². The van der Waals surface area contributed by atoms with E-state index in [2.05, 4.69) is 10.3 Å². The van der Waals surface area contributed by atoms with Gasteiger partial charge in [-0.3, -0.25) is 4.98 Å². The first kappa shape index (κ1) is 12.2. The summed E-state index contributed by atoms with van der Waals surface area (Å²) >= 11 is 4.97. The fourth-order valence-corrected chi connectivity index (χ4v) is 1.29. The normalized spacial score (nSPS) is 19.9. The molecular formula is C11H16N2OS. The van der Waals surface area contributed by atoms with Crippen molar-refractivity contribution < 1.29 is 4.74 Å². The lowest BCUT2D eigenvalue weighted by molar-refractivity contribution is 0.0954. The Morgan fingerprint density at radius 3 is 2.40 bits per heavy atom. The summed E-state index contributed by atoms with van der Waals surface area (Å²) in [7, 11) is 0. The first-order chi connectivity index (χ1) is 7.30. The fourth-order valence-electron chi connectivity index (χ4n) is 1.14. The molecule has 0 saturated carbocycles. The zero-order valence-corrected chi connectivity index (χ0v) is 9.67. The molecule has 3 nitrogen and oxygen atoms in total. The third kappa shape index (κ3) is 5.57. The quantitative estimate of drug-likeness (QED) is 0.732. The van der Waals surface area contributed by atoms with Gasteiger partial charge >= 0.3 is 0 Å². The Morgan fingerprint density at radius 1 is 1.40 bits per heavy atom. The zero-order chi connectivity index (χ0) is 10.9. The number of hydrogen-bond donors (Lipinski definition) is 1. The van der Waals surface area contributed by atoms with Gasteiger partial charge < -0.3 is 10.1 Å². The number of rotatable bonds is 1. The lowest BCUT2D eigenvalue weighted by Crippen LogP contribution is -2.44. The molecule has 0 aromatic carbocycles. The molecule has 0 amide bonds. The lowest BCUT2D eigenvalue weighted by atomic mass is 10.2. The zero-order valence-electron chi connectivity index (χ0n) is 8.85. The summed E-state index contributed by atoms with van der Waals surface area (Å²) in [4.78, 5) is 4.78. The molecule has 2 rings (SSSR count). The number of thiocarbonyl (C=S) groups is 1. The Hall–Kier alpha value is -0.840. The molecule has 15 heavy (non-hydrogen) atoms. The summed E-state index contributed by atoms with van der Waals surface area (Å²) in [6.45, 7) is 4.44. The van der Waals surface area contributed by atoms with Gasteiger partial charge in [0.05, 0.1) is 19.3 Å². The van der Waals surface area contributed by atoms with Crippen molar-refractivity contribution in [3.8, 4) is 0 Å². The number of nitrogens with one attached hydrogen (secondary N) is 1. The third-order valence-electron chi connectivity index (χ3n) is 1.98. The largest absolute Gasteiger partial charge is 0.378 e. The third-order valence-corrected chi connectivity index (χ3v) is 2.26. The van der Waals surface area contributed by atoms with Crippen molar-refractivity contribution in [1.29, 1.82) is 0 Å². The number of nitrogens with zero attached hydrogens (tertiary/aromatic N) is 1. The van der Waals surface area contributed by atoms with Crippen LogP contribution in [0.3, 0.4) is 0 Å². The number of aromatic nitrogens is 1. The van der Waals surface area contributed by atoms with E-state index >= 15 is 0 Å². The first-order valence-corrected chi connectivity index (χ1v) is 5.38. The van der Waals surface area contributed by atoms with Gasteiger partial charge in [-0.25, -0.2) is 0 Å². The van der Waals surface area contributed by atoms with Crippen molar-refractivity contribution in [2.24, 2.45) is 0 Å². The average Bonchev–Trinajstić information content (AvgIpc) is 2.33. The second-order valence-electron chi connectivity index (χ2n) is 3.22. The molecule has 1 fully saturated rings. The molecule has 1 unspecified atom stereocenters. The van der Waals surface area contributed by atoms with E-state index in [1.54, 1.807) is 12.4 Å². The van der Waals surface area contributed by atoms with Gasteiger partial charge in [0.1, 0.15) is 0 Å². The molecule has 1 N–H and O–H groups in total. The van der Waals surface area contributed by atoms with E-state index in [0.29, 0.717) is 6.04 Å². The minimum Gasteiger partial charge on any atom is -0.378 e. The molecule has 1 aromatic heterocycles. The van der Waals surface area contributed by atoms with Crippen molar-refractivity contribution >= 4 is 17.1 Å². The molecule has 4 heteroatoms. The minimum absolute atomic E-state index is 0.314. The molecule has 0 radical (unpaired) electrons. The molecule has 1 aromatic rings. The van der Waals surface area contributed by atoms with Crippen LogP contribution in [0, 0.1) is 0 Å². The van der Waals surface area contributed by atoms with Gasteiger partial charge in [0.2, 0.25) is 0 Å². The molecular weight excluding hydrogens is 208 g/mol. The molecule has 1 aliphatic heterocycles. The second kappa shape index (κ2) is 7.45. The van der Waals surface area contributed by atoms with Gasteiger partial charge in [0, 0.05) is 23.8 Å². The van der Waals surface area contributed by atoms with E-state index < -0.39 is 0 Å². The average molecular weight is 224 g/mol. The van der Waals surface area contributed by atoms with E-state index in [1.165, 1.54) is 0 Å². The van der Waals surface area contributed by atoms with Crippen molar-refractivity contribution in [3.05, 3.63) is 30.6 Å². The van der Waals surface area contributed by atoms with Gasteiger partial charge in [-0.2, -0.15) is 0 Å². The summed E-state index contributed by atoms with van der Waals surface area (Å²) in [6, 6.07) is 6.03. The highest BCUT2D eigenvalue weighted by atomic mass is 32.1. The van der Waals surface area contributed by atoms with E-state index in [9.17, 15) is 0 Å². The van der Waals surface area contributed by atoms with Gasteiger partial charge in [-0.1, -0.05) is 18.3 Å². The summed E-state index contributed by atoms with van der Waals surface area (Å²) in [6.07, 6.45) is 3.50. The molecule has 0 spiro atoms. The Labute approximate surface area is 95.9 Å². The predicted octanol–water partition coefficient (Wildman–Crippen LogP) is 1.45. The van der Waals surface area contributed by atoms with E-state index in [-0.39, 0.29) is 0 Å². The SMILES string of the molecule is CC(=S)C1COCCN1.c1ccncc1. The van der Waals surface area contributed by atoms with Crippen LogP contribution in [0.1, 0.15) is 6.92 Å². The summed E-state index contributed by atoms with van der Waals surface area (Å²) in [5.41, 5.74) is 0. The van der Waals surface area contributed by atoms with E-state index in [0.717, 1.165) is 24.6 Å². The van der Waals surface area contributed by atoms with Crippen LogP contribution < -0.4 is 5.32 Å². The van der Waals surface area contributed by atoms with Crippen molar-refractivity contribution in [2.75, 3.05) is 19.8 Å². The minimum atomic E-state index is 0.314. The van der Waals surface area contributed by atoms with Gasteiger partial charge in [0.15, 0.2) is 0 Å². The first-order valence-electron chi connectivity index (χ1n) is 4.97. The van der Waals surface area contributed by atoms with Crippen LogP contribution in [0.25, 0.3) is 0 Å². The Bertz CT molecular complexity index is 246. The Kier molecular flexibility index (Phi) is 6.08. The van der Waals surface area contributed by atoms with E-state index in [1.807, 2.05) is 25.1 Å². The monoisotopic (exact) mass is 224 g/mol. The maximum Gasteiger partial charge on any atom is 0.0667 e. The number of pyridine rings is 1. The smallest absolute Gasteiger partial charge is 0.0667 e. The predicted molar refractivity (Wildman–Crippen MR) is 65.1 cm³/mol. The number of ether oxygens (including phenoxy) is 1. The molecule has 0 bridgehead atoms. The summed E-state index contributed by atoms with van der Waals surface area (Å²) < 4.78 is 5.19. The van der Waals surface area contributed by atoms with Crippen LogP contribution in [0.2, 0.25) is 0 Å². The van der Waals surface area contributed by atoms with Crippen LogP contribution >= 0.6 is 12.2 Å². The number of morpholine rings is 1. The second-order valence-corrected chi connectivity index (χ2v) is 3.86. The Balaban J connectivity index is 0.000000162. The Morgan fingerprint density at radius 2 is 2.13 bits per heavy atom. The molecule has 1 saturated heterocycles. The van der Waals surface area contributed by atoms with E-state index in [4.69, 9.17) is 17.0 Å². The van der Waals surface area contributed by atoms with Crippen LogP contribution in [-0.4, -0.2) is 35.6 Å².